The highest BCUT2D eigenvalue weighted by molar-refractivity contribution is 7.99. The van der Waals surface area contributed by atoms with E-state index in [0.29, 0.717) is 11.7 Å². The molecular weight excluding hydrogens is 272 g/mol. The molecule has 0 aliphatic rings. The van der Waals surface area contributed by atoms with Gasteiger partial charge in [-0.15, -0.1) is 5.10 Å². The zero-order valence-corrected chi connectivity index (χ0v) is 11.4. The Balaban J connectivity index is 2.49. The summed E-state index contributed by atoms with van der Waals surface area (Å²) in [6.07, 6.45) is -0.463. The SMILES string of the molecule is COC(Cn1nnnc1SCC(=O)NCC#N)OC. The number of nitrogens with one attached hydrogen (secondary N) is 1. The fraction of sp³-hybridized carbons (Fsp3) is 0.667. The molecule has 1 heterocycles. The van der Waals surface area contributed by atoms with E-state index >= 15 is 0 Å². The van der Waals surface area contributed by atoms with Gasteiger partial charge in [-0.2, -0.15) is 5.26 Å². The minimum atomic E-state index is -0.463. The fourth-order valence-electron chi connectivity index (χ4n) is 1.12. The summed E-state index contributed by atoms with van der Waals surface area (Å²) in [4.78, 5) is 11.3. The molecule has 1 aromatic rings. The van der Waals surface area contributed by atoms with E-state index in [1.807, 2.05) is 6.07 Å². The molecule has 1 aromatic heterocycles. The minimum absolute atomic E-state index is 0.0141. The first-order chi connectivity index (χ1) is 9.21. The lowest BCUT2D eigenvalue weighted by molar-refractivity contribution is -0.118. The zero-order valence-electron chi connectivity index (χ0n) is 10.6. The predicted molar refractivity (Wildman–Crippen MR) is 65.0 cm³/mol. The van der Waals surface area contributed by atoms with Crippen molar-refractivity contribution in [2.45, 2.75) is 18.0 Å². The number of amides is 1. The number of tetrazole rings is 1. The van der Waals surface area contributed by atoms with Crippen LogP contribution in [0.4, 0.5) is 0 Å². The second kappa shape index (κ2) is 8.41. The molecule has 0 saturated heterocycles. The third-order valence-electron chi connectivity index (χ3n) is 2.04. The van der Waals surface area contributed by atoms with Crippen molar-refractivity contribution in [3.8, 4) is 6.07 Å². The number of carbonyl (C=O) groups is 1. The van der Waals surface area contributed by atoms with Gasteiger partial charge < -0.3 is 14.8 Å². The molecule has 0 aliphatic heterocycles. The van der Waals surface area contributed by atoms with E-state index in [9.17, 15) is 4.79 Å². The van der Waals surface area contributed by atoms with E-state index in [1.54, 1.807) is 0 Å². The average Bonchev–Trinajstić information content (AvgIpc) is 2.87. The molecule has 1 N–H and O–H groups in total. The van der Waals surface area contributed by atoms with E-state index in [1.165, 1.54) is 30.7 Å². The molecule has 0 saturated carbocycles. The maximum absolute atomic E-state index is 11.3. The molecule has 10 heteroatoms. The highest BCUT2D eigenvalue weighted by Crippen LogP contribution is 2.13. The van der Waals surface area contributed by atoms with Crippen LogP contribution < -0.4 is 5.32 Å². The van der Waals surface area contributed by atoms with E-state index in [2.05, 4.69) is 20.8 Å². The lowest BCUT2D eigenvalue weighted by Crippen LogP contribution is -2.26. The summed E-state index contributed by atoms with van der Waals surface area (Å²) in [6, 6.07) is 1.82. The van der Waals surface area contributed by atoms with Crippen molar-refractivity contribution in [3.05, 3.63) is 0 Å². The number of hydrogen-bond donors (Lipinski definition) is 1. The molecule has 0 fully saturated rings. The van der Waals surface area contributed by atoms with E-state index < -0.39 is 6.29 Å². The van der Waals surface area contributed by atoms with Gasteiger partial charge in [0.05, 0.1) is 18.4 Å². The van der Waals surface area contributed by atoms with Crippen LogP contribution in [0.1, 0.15) is 0 Å². The first-order valence-electron chi connectivity index (χ1n) is 5.29. The van der Waals surface area contributed by atoms with Crippen molar-refractivity contribution in [2.75, 3.05) is 26.5 Å². The van der Waals surface area contributed by atoms with Crippen LogP contribution >= 0.6 is 11.8 Å². The Morgan fingerprint density at radius 1 is 1.58 bits per heavy atom. The summed E-state index contributed by atoms with van der Waals surface area (Å²) in [5.74, 6) is -0.122. The van der Waals surface area contributed by atoms with Crippen LogP contribution in [0.2, 0.25) is 0 Å². The van der Waals surface area contributed by atoms with Crippen LogP contribution in [0.3, 0.4) is 0 Å². The molecule has 0 radical (unpaired) electrons. The van der Waals surface area contributed by atoms with Gasteiger partial charge in [0.15, 0.2) is 6.29 Å². The van der Waals surface area contributed by atoms with Gasteiger partial charge in [0.2, 0.25) is 11.1 Å². The highest BCUT2D eigenvalue weighted by atomic mass is 32.2. The zero-order chi connectivity index (χ0) is 14.1. The molecule has 0 aromatic carbocycles. The van der Waals surface area contributed by atoms with Crippen LogP contribution in [0.5, 0.6) is 0 Å². The maximum atomic E-state index is 11.3. The van der Waals surface area contributed by atoms with Gasteiger partial charge in [-0.3, -0.25) is 4.79 Å². The largest absolute Gasteiger partial charge is 0.354 e. The fourth-order valence-corrected chi connectivity index (χ4v) is 1.84. The van der Waals surface area contributed by atoms with Crippen molar-refractivity contribution in [1.29, 1.82) is 5.26 Å². The first-order valence-corrected chi connectivity index (χ1v) is 6.28. The summed E-state index contributed by atoms with van der Waals surface area (Å²) in [6.45, 7) is 0.307. The van der Waals surface area contributed by atoms with Gasteiger partial charge in [-0.05, 0) is 10.4 Å². The quantitative estimate of drug-likeness (QED) is 0.368. The summed E-state index contributed by atoms with van der Waals surface area (Å²) in [5, 5.41) is 22.3. The molecule has 19 heavy (non-hydrogen) atoms. The molecule has 9 nitrogen and oxygen atoms in total. The number of aromatic nitrogens is 4. The van der Waals surface area contributed by atoms with Crippen molar-refractivity contribution >= 4 is 17.7 Å². The van der Waals surface area contributed by atoms with Gasteiger partial charge in [0, 0.05) is 14.2 Å². The van der Waals surface area contributed by atoms with E-state index in [0.717, 1.165) is 0 Å². The van der Waals surface area contributed by atoms with Crippen LogP contribution in [0.25, 0.3) is 0 Å². The topological polar surface area (TPSA) is 115 Å². The lowest BCUT2D eigenvalue weighted by atomic mass is 10.6. The lowest BCUT2D eigenvalue weighted by Gasteiger charge is -2.13. The second-order valence-electron chi connectivity index (χ2n) is 3.27. The number of thioether (sulfide) groups is 1. The van der Waals surface area contributed by atoms with Gasteiger partial charge in [-0.1, -0.05) is 11.8 Å². The molecule has 0 spiro atoms. The van der Waals surface area contributed by atoms with Crippen LogP contribution in [0.15, 0.2) is 5.16 Å². The van der Waals surface area contributed by atoms with Crippen molar-refractivity contribution in [3.63, 3.8) is 0 Å². The standard InChI is InChI=1S/C9H14N6O3S/c1-17-8(18-2)5-15-9(12-13-14-15)19-6-7(16)11-4-3-10/h8H,4-6H2,1-2H3,(H,11,16). The summed E-state index contributed by atoms with van der Waals surface area (Å²) < 4.78 is 11.6. The number of nitrogens with zero attached hydrogens (tertiary/aromatic N) is 5. The van der Waals surface area contributed by atoms with Gasteiger partial charge in [0.25, 0.3) is 0 Å². The van der Waals surface area contributed by atoms with Crippen LogP contribution in [-0.2, 0) is 20.8 Å². The third-order valence-corrected chi connectivity index (χ3v) is 3.00. The molecule has 0 atom stereocenters. The Hall–Kier alpha value is -1.70. The summed E-state index contributed by atoms with van der Waals surface area (Å²) in [7, 11) is 3.03. The molecule has 0 unspecified atom stereocenters. The third kappa shape index (κ3) is 5.21. The monoisotopic (exact) mass is 286 g/mol. The summed E-state index contributed by atoms with van der Waals surface area (Å²) >= 11 is 1.17. The van der Waals surface area contributed by atoms with Crippen molar-refractivity contribution in [2.24, 2.45) is 0 Å². The van der Waals surface area contributed by atoms with Gasteiger partial charge in [0.1, 0.15) is 6.54 Å². The summed E-state index contributed by atoms with van der Waals surface area (Å²) in [5.41, 5.74) is 0. The van der Waals surface area contributed by atoms with Crippen molar-refractivity contribution in [1.82, 2.24) is 25.5 Å². The minimum Gasteiger partial charge on any atom is -0.354 e. The molecule has 104 valence electrons. The number of methoxy groups -OCH3 is 2. The molecule has 0 bridgehead atoms. The van der Waals surface area contributed by atoms with E-state index in [4.69, 9.17) is 14.7 Å². The van der Waals surface area contributed by atoms with Crippen LogP contribution in [-0.4, -0.2) is 58.9 Å². The number of rotatable bonds is 8. The maximum Gasteiger partial charge on any atom is 0.231 e. The number of ether oxygens (including phenoxy) is 2. The Morgan fingerprint density at radius 3 is 2.95 bits per heavy atom. The average molecular weight is 286 g/mol. The molecule has 0 aliphatic carbocycles. The smallest absolute Gasteiger partial charge is 0.231 e. The Bertz CT molecular complexity index is 441. The first kappa shape index (κ1) is 15.4. The van der Waals surface area contributed by atoms with Gasteiger partial charge >= 0.3 is 0 Å². The molecule has 1 rings (SSSR count). The Labute approximate surface area is 114 Å². The van der Waals surface area contributed by atoms with Crippen molar-refractivity contribution < 1.29 is 14.3 Å². The molecular formula is C9H14N6O3S. The number of hydrogen-bond acceptors (Lipinski definition) is 8. The van der Waals surface area contributed by atoms with Gasteiger partial charge in [-0.25, -0.2) is 4.68 Å². The van der Waals surface area contributed by atoms with E-state index in [-0.39, 0.29) is 18.2 Å². The van der Waals surface area contributed by atoms with Crippen LogP contribution in [0, 0.1) is 11.3 Å². The Kier molecular flexibility index (Phi) is 6.80. The normalized spacial score (nSPS) is 10.4. The number of carbonyl (C=O) groups excluding carboxylic acids is 1. The number of nitriles is 1. The predicted octanol–water partition coefficient (Wildman–Crippen LogP) is -0.976. The molecule has 1 amide bonds. The highest BCUT2D eigenvalue weighted by Gasteiger charge is 2.14. The Morgan fingerprint density at radius 2 is 2.32 bits per heavy atom. The second-order valence-corrected chi connectivity index (χ2v) is 4.21.